The van der Waals surface area contributed by atoms with Gasteiger partial charge in [-0.25, -0.2) is 9.07 Å². The first-order chi connectivity index (χ1) is 17.0. The zero-order chi connectivity index (χ0) is 24.0. The van der Waals surface area contributed by atoms with Crippen LogP contribution in [0.2, 0.25) is 0 Å². The summed E-state index contributed by atoms with van der Waals surface area (Å²) < 4.78 is 28.1. The fraction of sp³-hybridized carbons (Fsp3) is 0.346. The van der Waals surface area contributed by atoms with Crippen LogP contribution in [0.4, 0.5) is 4.39 Å². The van der Waals surface area contributed by atoms with Crippen LogP contribution in [-0.4, -0.2) is 57.2 Å². The Balaban J connectivity index is 1.32. The molecule has 4 aromatic rings. The summed E-state index contributed by atoms with van der Waals surface area (Å²) in [6.45, 7) is 2.45. The van der Waals surface area contributed by atoms with Gasteiger partial charge in [0.15, 0.2) is 5.79 Å². The molecule has 0 atom stereocenters. The van der Waals surface area contributed by atoms with E-state index in [0.717, 1.165) is 21.9 Å². The van der Waals surface area contributed by atoms with Crippen LogP contribution in [-0.2, 0) is 27.4 Å². The predicted molar refractivity (Wildman–Crippen MR) is 127 cm³/mol. The van der Waals surface area contributed by atoms with Gasteiger partial charge in [-0.15, -0.1) is 0 Å². The minimum atomic E-state index is -0.563. The molecule has 0 aliphatic carbocycles. The average Bonchev–Trinajstić information content (AvgIpc) is 3.46. The molecule has 8 nitrogen and oxygen atoms in total. The predicted octanol–water partition coefficient (Wildman–Crippen LogP) is 2.90. The molecule has 2 fully saturated rings. The van der Waals surface area contributed by atoms with E-state index in [1.54, 1.807) is 23.2 Å². The number of para-hydroxylation sites is 1. The quantitative estimate of drug-likeness (QED) is 0.453. The molecule has 9 heteroatoms. The van der Waals surface area contributed by atoms with Crippen LogP contribution in [0.3, 0.4) is 0 Å². The molecule has 4 heterocycles. The number of hydrogen-bond acceptors (Lipinski definition) is 5. The number of amides is 1. The lowest BCUT2D eigenvalue weighted by molar-refractivity contribution is -0.187. The molecule has 2 aliphatic rings. The van der Waals surface area contributed by atoms with Gasteiger partial charge in [0.2, 0.25) is 5.91 Å². The lowest BCUT2D eigenvalue weighted by Crippen LogP contribution is -2.48. The molecule has 1 amide bonds. The number of ether oxygens (including phenoxy) is 2. The Morgan fingerprint density at radius 1 is 1.00 bits per heavy atom. The molecule has 2 aromatic heterocycles. The molecule has 0 unspecified atom stereocenters. The van der Waals surface area contributed by atoms with Crippen molar-refractivity contribution in [2.45, 2.75) is 31.7 Å². The van der Waals surface area contributed by atoms with E-state index in [4.69, 9.17) is 9.47 Å². The highest BCUT2D eigenvalue weighted by Gasteiger charge is 2.40. The van der Waals surface area contributed by atoms with Crippen LogP contribution in [0.25, 0.3) is 21.8 Å². The summed E-state index contributed by atoms with van der Waals surface area (Å²) in [5.41, 5.74) is 1.90. The number of nitrogens with zero attached hydrogens (tertiary/aromatic N) is 4. The summed E-state index contributed by atoms with van der Waals surface area (Å²) in [5.74, 6) is -1.03. The van der Waals surface area contributed by atoms with Crippen LogP contribution in [0.15, 0.2) is 59.5 Å². The first-order valence-electron chi connectivity index (χ1n) is 11.8. The maximum Gasteiger partial charge on any atom is 0.291 e. The van der Waals surface area contributed by atoms with E-state index in [1.807, 2.05) is 28.8 Å². The highest BCUT2D eigenvalue weighted by molar-refractivity contribution is 6.07. The number of benzene rings is 2. The second-order valence-electron chi connectivity index (χ2n) is 9.09. The summed E-state index contributed by atoms with van der Waals surface area (Å²) in [5, 5.41) is 5.98. The summed E-state index contributed by atoms with van der Waals surface area (Å²) >= 11 is 0. The number of rotatable bonds is 4. The lowest BCUT2D eigenvalue weighted by Gasteiger charge is -2.37. The molecule has 1 spiro atoms. The topological polar surface area (TPSA) is 78.6 Å². The Hall–Kier alpha value is -3.56. The van der Waals surface area contributed by atoms with E-state index in [-0.39, 0.29) is 23.8 Å². The minimum Gasteiger partial charge on any atom is -0.347 e. The third-order valence-electron chi connectivity index (χ3n) is 7.00. The smallest absolute Gasteiger partial charge is 0.291 e. The SMILES string of the molecule is O=C(Cn1ncc2c3ccccc3n(Cc3ccc(F)cc3)c2c1=O)N1CCC2(CC1)OCCO2. The third kappa shape index (κ3) is 3.90. The van der Waals surface area contributed by atoms with Crippen LogP contribution < -0.4 is 5.56 Å². The van der Waals surface area contributed by atoms with Crippen LogP contribution >= 0.6 is 0 Å². The number of fused-ring (bicyclic) bond motifs is 3. The second kappa shape index (κ2) is 8.58. The Bertz CT molecular complexity index is 1460. The highest BCUT2D eigenvalue weighted by atomic mass is 19.1. The van der Waals surface area contributed by atoms with Crippen molar-refractivity contribution >= 4 is 27.7 Å². The van der Waals surface area contributed by atoms with Crippen LogP contribution in [0.5, 0.6) is 0 Å². The van der Waals surface area contributed by atoms with Crippen molar-refractivity contribution in [1.82, 2.24) is 19.2 Å². The first-order valence-corrected chi connectivity index (χ1v) is 11.8. The molecular formula is C26H25FN4O4. The third-order valence-corrected chi connectivity index (χ3v) is 7.00. The van der Waals surface area contributed by atoms with E-state index >= 15 is 0 Å². The molecule has 35 heavy (non-hydrogen) atoms. The maximum absolute atomic E-state index is 13.6. The van der Waals surface area contributed by atoms with Gasteiger partial charge in [0.1, 0.15) is 17.9 Å². The fourth-order valence-electron chi connectivity index (χ4n) is 5.15. The van der Waals surface area contributed by atoms with Gasteiger partial charge in [-0.3, -0.25) is 9.59 Å². The van der Waals surface area contributed by atoms with Gasteiger partial charge in [-0.1, -0.05) is 30.3 Å². The van der Waals surface area contributed by atoms with Crippen molar-refractivity contribution in [3.8, 4) is 0 Å². The minimum absolute atomic E-state index is 0.137. The van der Waals surface area contributed by atoms with Crippen molar-refractivity contribution in [2.24, 2.45) is 0 Å². The van der Waals surface area contributed by atoms with Gasteiger partial charge in [0.05, 0.1) is 19.4 Å². The Labute approximate surface area is 200 Å². The van der Waals surface area contributed by atoms with Gasteiger partial charge < -0.3 is 18.9 Å². The lowest BCUT2D eigenvalue weighted by atomic mass is 10.0. The summed E-state index contributed by atoms with van der Waals surface area (Å²) in [6.07, 6.45) is 2.89. The van der Waals surface area contributed by atoms with E-state index in [0.29, 0.717) is 51.2 Å². The molecule has 6 rings (SSSR count). The zero-order valence-electron chi connectivity index (χ0n) is 19.2. The molecule has 0 saturated carbocycles. The van der Waals surface area contributed by atoms with E-state index in [9.17, 15) is 14.0 Å². The maximum atomic E-state index is 13.6. The van der Waals surface area contributed by atoms with Crippen molar-refractivity contribution in [3.63, 3.8) is 0 Å². The van der Waals surface area contributed by atoms with Gasteiger partial charge in [-0.05, 0) is 23.8 Å². The summed E-state index contributed by atoms with van der Waals surface area (Å²) in [4.78, 5) is 28.4. The molecule has 0 N–H and O–H groups in total. The van der Waals surface area contributed by atoms with E-state index < -0.39 is 5.79 Å². The average molecular weight is 477 g/mol. The molecule has 2 saturated heterocycles. The zero-order valence-corrected chi connectivity index (χ0v) is 19.2. The van der Waals surface area contributed by atoms with E-state index in [1.165, 1.54) is 16.8 Å². The van der Waals surface area contributed by atoms with Crippen molar-refractivity contribution in [1.29, 1.82) is 0 Å². The molecule has 2 aliphatic heterocycles. The number of carbonyl (C=O) groups is 1. The van der Waals surface area contributed by atoms with Gasteiger partial charge in [-0.2, -0.15) is 5.10 Å². The van der Waals surface area contributed by atoms with Gasteiger partial charge in [0.25, 0.3) is 5.56 Å². The normalized spacial score (nSPS) is 17.6. The largest absolute Gasteiger partial charge is 0.347 e. The number of carbonyl (C=O) groups excluding carboxylic acids is 1. The number of aromatic nitrogens is 3. The number of likely N-dealkylation sites (tertiary alicyclic amines) is 1. The van der Waals surface area contributed by atoms with Crippen LogP contribution in [0.1, 0.15) is 18.4 Å². The number of halogens is 1. The summed E-state index contributed by atoms with van der Waals surface area (Å²) in [7, 11) is 0. The second-order valence-corrected chi connectivity index (χ2v) is 9.09. The monoisotopic (exact) mass is 476 g/mol. The fourth-order valence-corrected chi connectivity index (χ4v) is 5.15. The molecule has 0 bridgehead atoms. The molecule has 180 valence electrons. The van der Waals surface area contributed by atoms with Crippen molar-refractivity contribution in [3.05, 3.63) is 76.5 Å². The van der Waals surface area contributed by atoms with Crippen molar-refractivity contribution < 1.29 is 18.7 Å². The van der Waals surface area contributed by atoms with E-state index in [2.05, 4.69) is 5.10 Å². The Morgan fingerprint density at radius 3 is 2.46 bits per heavy atom. The van der Waals surface area contributed by atoms with Crippen molar-refractivity contribution in [2.75, 3.05) is 26.3 Å². The highest BCUT2D eigenvalue weighted by Crippen LogP contribution is 2.31. The van der Waals surface area contributed by atoms with Crippen LogP contribution in [0, 0.1) is 5.82 Å². The summed E-state index contributed by atoms with van der Waals surface area (Å²) in [6, 6.07) is 14.0. The van der Waals surface area contributed by atoms with Gasteiger partial charge in [0, 0.05) is 48.8 Å². The molecule has 2 aromatic carbocycles. The number of hydrogen-bond donors (Lipinski definition) is 0. The Kier molecular flexibility index (Phi) is 5.38. The molecular weight excluding hydrogens is 451 g/mol. The number of piperidine rings is 1. The first kappa shape index (κ1) is 21.9. The standard InChI is InChI=1S/C26H25FN4O4/c27-19-7-5-18(6-8-19)16-30-22-4-2-1-3-20(22)21-15-28-31(25(33)24(21)30)17-23(32)29-11-9-26(10-12-29)34-13-14-35-26/h1-8,15H,9-14,16-17H2. The molecule has 0 radical (unpaired) electrons. The van der Waals surface area contributed by atoms with Gasteiger partial charge >= 0.3 is 0 Å². The Morgan fingerprint density at radius 2 is 1.71 bits per heavy atom.